The van der Waals surface area contributed by atoms with Gasteiger partial charge in [0.15, 0.2) is 0 Å². The van der Waals surface area contributed by atoms with Gasteiger partial charge < -0.3 is 4.90 Å². The second-order valence-corrected chi connectivity index (χ2v) is 6.16. The summed E-state index contributed by atoms with van der Waals surface area (Å²) in [6.45, 7) is 9.98. The highest BCUT2D eigenvalue weighted by Crippen LogP contribution is 2.22. The fraction of sp³-hybridized carbons (Fsp3) is 0.556. The standard InChI is InChI=1S/C18H27N3O/c1-6-8-16-10-7-9-13(2)21(16)18(22)12-11-17-14(3)19-20(5)15(17)4/h6-7,9,13,16H,1,8,10-12H2,2-5H3/t13-,16-/m1/s1. The molecule has 1 aliphatic rings. The molecule has 0 N–H and O–H groups in total. The van der Waals surface area contributed by atoms with Gasteiger partial charge in [0, 0.05) is 31.2 Å². The smallest absolute Gasteiger partial charge is 0.223 e. The maximum absolute atomic E-state index is 12.7. The average Bonchev–Trinajstić information content (AvgIpc) is 2.70. The van der Waals surface area contributed by atoms with E-state index < -0.39 is 0 Å². The number of carbonyl (C=O) groups is 1. The molecule has 0 radical (unpaired) electrons. The largest absolute Gasteiger partial charge is 0.333 e. The fourth-order valence-electron chi connectivity index (χ4n) is 3.34. The molecule has 0 saturated heterocycles. The van der Waals surface area contributed by atoms with Crippen LogP contribution in [0.4, 0.5) is 0 Å². The van der Waals surface area contributed by atoms with Gasteiger partial charge in [-0.2, -0.15) is 5.10 Å². The molecule has 120 valence electrons. The molecule has 0 aromatic carbocycles. The Balaban J connectivity index is 2.07. The zero-order valence-corrected chi connectivity index (χ0v) is 14.2. The van der Waals surface area contributed by atoms with Crippen LogP contribution in [0.3, 0.4) is 0 Å². The first-order valence-corrected chi connectivity index (χ1v) is 8.03. The van der Waals surface area contributed by atoms with Crippen LogP contribution in [0.5, 0.6) is 0 Å². The quantitative estimate of drug-likeness (QED) is 0.784. The highest BCUT2D eigenvalue weighted by atomic mass is 16.2. The second kappa shape index (κ2) is 6.95. The summed E-state index contributed by atoms with van der Waals surface area (Å²) in [5.41, 5.74) is 3.39. The molecule has 0 spiro atoms. The summed E-state index contributed by atoms with van der Waals surface area (Å²) in [6, 6.07) is 0.420. The first kappa shape index (κ1) is 16.5. The molecule has 0 aliphatic carbocycles. The third-order valence-corrected chi connectivity index (χ3v) is 4.63. The highest BCUT2D eigenvalue weighted by Gasteiger charge is 2.28. The van der Waals surface area contributed by atoms with E-state index in [0.29, 0.717) is 6.42 Å². The Morgan fingerprint density at radius 2 is 2.23 bits per heavy atom. The number of nitrogens with zero attached hydrogens (tertiary/aromatic N) is 3. The van der Waals surface area contributed by atoms with Crippen LogP contribution >= 0.6 is 0 Å². The van der Waals surface area contributed by atoms with E-state index in [-0.39, 0.29) is 18.0 Å². The molecular formula is C18H27N3O. The molecule has 0 bridgehead atoms. The van der Waals surface area contributed by atoms with Crippen molar-refractivity contribution in [2.45, 2.75) is 58.5 Å². The van der Waals surface area contributed by atoms with Crippen molar-refractivity contribution in [2.75, 3.05) is 0 Å². The van der Waals surface area contributed by atoms with Gasteiger partial charge in [0.1, 0.15) is 0 Å². The highest BCUT2D eigenvalue weighted by molar-refractivity contribution is 5.77. The van der Waals surface area contributed by atoms with Gasteiger partial charge in [0.25, 0.3) is 0 Å². The Bertz CT molecular complexity index is 585. The van der Waals surface area contributed by atoms with E-state index in [0.717, 1.165) is 30.7 Å². The van der Waals surface area contributed by atoms with Crippen LogP contribution in [0.15, 0.2) is 24.8 Å². The van der Waals surface area contributed by atoms with Gasteiger partial charge in [-0.3, -0.25) is 9.48 Å². The molecule has 1 aromatic rings. The van der Waals surface area contributed by atoms with Gasteiger partial charge in [-0.25, -0.2) is 0 Å². The maximum atomic E-state index is 12.7. The van der Waals surface area contributed by atoms with Crippen molar-refractivity contribution in [3.8, 4) is 0 Å². The van der Waals surface area contributed by atoms with Gasteiger partial charge in [0.2, 0.25) is 5.91 Å². The molecule has 0 saturated carbocycles. The molecule has 0 fully saturated rings. The van der Waals surface area contributed by atoms with Gasteiger partial charge in [0.05, 0.1) is 5.69 Å². The Kier molecular flexibility index (Phi) is 5.22. The molecule has 4 nitrogen and oxygen atoms in total. The molecule has 2 heterocycles. The van der Waals surface area contributed by atoms with Gasteiger partial charge >= 0.3 is 0 Å². The van der Waals surface area contributed by atoms with Gasteiger partial charge in [-0.05, 0) is 45.6 Å². The van der Waals surface area contributed by atoms with Crippen LogP contribution in [0.25, 0.3) is 0 Å². The predicted octanol–water partition coefficient (Wildman–Crippen LogP) is 3.09. The number of hydrogen-bond acceptors (Lipinski definition) is 2. The van der Waals surface area contributed by atoms with E-state index in [4.69, 9.17) is 0 Å². The lowest BCUT2D eigenvalue weighted by atomic mass is 9.98. The summed E-state index contributed by atoms with van der Waals surface area (Å²) >= 11 is 0. The van der Waals surface area contributed by atoms with E-state index in [1.54, 1.807) is 0 Å². The normalized spacial score (nSPS) is 21.2. The van der Waals surface area contributed by atoms with E-state index in [9.17, 15) is 4.79 Å². The lowest BCUT2D eigenvalue weighted by Gasteiger charge is -2.37. The predicted molar refractivity (Wildman–Crippen MR) is 89.7 cm³/mol. The zero-order chi connectivity index (χ0) is 16.3. The van der Waals surface area contributed by atoms with Crippen LogP contribution in [0, 0.1) is 13.8 Å². The van der Waals surface area contributed by atoms with Crippen molar-refractivity contribution < 1.29 is 4.79 Å². The van der Waals surface area contributed by atoms with Crippen molar-refractivity contribution in [3.63, 3.8) is 0 Å². The Morgan fingerprint density at radius 1 is 1.50 bits per heavy atom. The number of rotatable bonds is 5. The Labute approximate surface area is 133 Å². The number of carbonyl (C=O) groups excluding carboxylic acids is 1. The molecule has 22 heavy (non-hydrogen) atoms. The summed E-state index contributed by atoms with van der Waals surface area (Å²) < 4.78 is 1.89. The summed E-state index contributed by atoms with van der Waals surface area (Å²) in [7, 11) is 1.95. The fourth-order valence-corrected chi connectivity index (χ4v) is 3.34. The summed E-state index contributed by atoms with van der Waals surface area (Å²) in [4.78, 5) is 14.8. The minimum atomic E-state index is 0.169. The monoisotopic (exact) mass is 301 g/mol. The number of aryl methyl sites for hydroxylation is 2. The van der Waals surface area contributed by atoms with Crippen LogP contribution < -0.4 is 0 Å². The van der Waals surface area contributed by atoms with Crippen molar-refractivity contribution >= 4 is 5.91 Å². The molecular weight excluding hydrogens is 274 g/mol. The maximum Gasteiger partial charge on any atom is 0.223 e. The summed E-state index contributed by atoms with van der Waals surface area (Å²) in [5.74, 6) is 0.228. The first-order chi connectivity index (χ1) is 10.5. The van der Waals surface area contributed by atoms with Crippen molar-refractivity contribution in [3.05, 3.63) is 41.8 Å². The van der Waals surface area contributed by atoms with Gasteiger partial charge in [-0.1, -0.05) is 18.2 Å². The minimum absolute atomic E-state index is 0.169. The Hall–Kier alpha value is -1.84. The van der Waals surface area contributed by atoms with E-state index in [1.165, 1.54) is 5.56 Å². The van der Waals surface area contributed by atoms with Crippen LogP contribution in [0.2, 0.25) is 0 Å². The van der Waals surface area contributed by atoms with Crippen LogP contribution in [-0.2, 0) is 18.3 Å². The molecule has 0 unspecified atom stereocenters. The van der Waals surface area contributed by atoms with E-state index in [2.05, 4.69) is 37.7 Å². The molecule has 1 aromatic heterocycles. The molecule has 1 aliphatic heterocycles. The second-order valence-electron chi connectivity index (χ2n) is 6.16. The molecule has 2 rings (SSSR count). The number of amides is 1. The van der Waals surface area contributed by atoms with Gasteiger partial charge in [-0.15, -0.1) is 6.58 Å². The third kappa shape index (κ3) is 3.32. The summed E-state index contributed by atoms with van der Waals surface area (Å²) in [5, 5.41) is 4.43. The molecule has 4 heteroatoms. The van der Waals surface area contributed by atoms with Crippen LogP contribution in [0.1, 0.15) is 43.1 Å². The van der Waals surface area contributed by atoms with Crippen molar-refractivity contribution in [1.29, 1.82) is 0 Å². The Morgan fingerprint density at radius 3 is 2.82 bits per heavy atom. The lowest BCUT2D eigenvalue weighted by molar-refractivity contribution is -0.135. The zero-order valence-electron chi connectivity index (χ0n) is 14.2. The topological polar surface area (TPSA) is 38.1 Å². The third-order valence-electron chi connectivity index (χ3n) is 4.63. The average molecular weight is 301 g/mol. The molecule has 2 atom stereocenters. The first-order valence-electron chi connectivity index (χ1n) is 8.03. The minimum Gasteiger partial charge on any atom is -0.333 e. The SMILES string of the molecule is C=CC[C@@H]1CC=C[C@@H](C)N1C(=O)CCc1c(C)nn(C)c1C. The molecule has 1 amide bonds. The van der Waals surface area contributed by atoms with Crippen molar-refractivity contribution in [2.24, 2.45) is 7.05 Å². The van der Waals surface area contributed by atoms with E-state index in [1.807, 2.05) is 29.6 Å². The number of hydrogen-bond donors (Lipinski definition) is 0. The van der Waals surface area contributed by atoms with Crippen molar-refractivity contribution in [1.82, 2.24) is 14.7 Å². The van der Waals surface area contributed by atoms with Crippen LogP contribution in [-0.4, -0.2) is 32.7 Å². The number of aromatic nitrogens is 2. The van der Waals surface area contributed by atoms with E-state index >= 15 is 0 Å². The lowest BCUT2D eigenvalue weighted by Crippen LogP contribution is -2.46. The summed E-state index contributed by atoms with van der Waals surface area (Å²) in [6.07, 6.45) is 9.29.